The van der Waals surface area contributed by atoms with Crippen LogP contribution in [0.2, 0.25) is 0 Å². The van der Waals surface area contributed by atoms with Crippen molar-refractivity contribution in [3.8, 4) is 0 Å². The molecule has 8 heteroatoms. The second kappa shape index (κ2) is 8.14. The minimum absolute atomic E-state index is 0.611. The molecule has 4 rings (SSSR count). The lowest BCUT2D eigenvalue weighted by atomic mass is 10.2. The molecule has 0 spiro atoms. The van der Waals surface area contributed by atoms with E-state index >= 15 is 0 Å². The van der Waals surface area contributed by atoms with Crippen LogP contribution in [0.25, 0.3) is 0 Å². The molecule has 0 aliphatic carbocycles. The van der Waals surface area contributed by atoms with E-state index in [4.69, 9.17) is 9.72 Å². The van der Waals surface area contributed by atoms with Gasteiger partial charge in [-0.15, -0.1) is 0 Å². The van der Waals surface area contributed by atoms with Gasteiger partial charge in [0.1, 0.15) is 5.82 Å². The minimum Gasteiger partial charge on any atom is -0.378 e. The average molecular weight is 375 g/mol. The van der Waals surface area contributed by atoms with Crippen molar-refractivity contribution in [3.05, 3.63) is 47.7 Å². The van der Waals surface area contributed by atoms with Crippen LogP contribution >= 0.6 is 0 Å². The van der Waals surface area contributed by atoms with E-state index in [2.05, 4.69) is 19.7 Å². The molecule has 2 fully saturated rings. The topological polar surface area (TPSA) is 44.7 Å². The van der Waals surface area contributed by atoms with Crippen molar-refractivity contribution < 1.29 is 13.5 Å². The third kappa shape index (κ3) is 4.33. The Hall–Kier alpha value is -2.32. The summed E-state index contributed by atoms with van der Waals surface area (Å²) in [4.78, 5) is 15.8. The molecule has 2 aliphatic rings. The number of benzene rings is 1. The Labute approximate surface area is 157 Å². The number of halogens is 2. The second-order valence-corrected chi connectivity index (χ2v) is 6.83. The van der Waals surface area contributed by atoms with Crippen molar-refractivity contribution in [3.63, 3.8) is 0 Å². The molecule has 0 atom stereocenters. The molecule has 1 aromatic carbocycles. The average Bonchev–Trinajstić information content (AvgIpc) is 2.72. The number of hydrogen-bond acceptors (Lipinski definition) is 6. The highest BCUT2D eigenvalue weighted by molar-refractivity contribution is 5.44. The predicted molar refractivity (Wildman–Crippen MR) is 98.9 cm³/mol. The fourth-order valence-corrected chi connectivity index (χ4v) is 3.46. The first-order valence-corrected chi connectivity index (χ1v) is 9.26. The Morgan fingerprint density at radius 1 is 0.889 bits per heavy atom. The number of rotatable bonds is 4. The Morgan fingerprint density at radius 2 is 1.67 bits per heavy atom. The number of aromatic nitrogens is 2. The molecular formula is C19H23F2N5O. The summed E-state index contributed by atoms with van der Waals surface area (Å²) in [6, 6.07) is 6.04. The van der Waals surface area contributed by atoms with Gasteiger partial charge in [-0.2, -0.15) is 4.98 Å². The summed E-state index contributed by atoms with van der Waals surface area (Å²) in [5.41, 5.74) is 0.785. The molecule has 0 N–H and O–H groups in total. The SMILES string of the molecule is Fc1ccc(CN2CCN(c3nccc(N4CCOCC4)n3)CC2)cc1F. The van der Waals surface area contributed by atoms with E-state index in [0.29, 0.717) is 6.54 Å². The van der Waals surface area contributed by atoms with Gasteiger partial charge >= 0.3 is 0 Å². The van der Waals surface area contributed by atoms with Crippen molar-refractivity contribution in [2.75, 3.05) is 62.3 Å². The zero-order chi connectivity index (χ0) is 18.6. The molecule has 27 heavy (non-hydrogen) atoms. The molecule has 2 saturated heterocycles. The van der Waals surface area contributed by atoms with Gasteiger partial charge in [-0.25, -0.2) is 13.8 Å². The van der Waals surface area contributed by atoms with Gasteiger partial charge in [0.05, 0.1) is 13.2 Å². The third-order valence-electron chi connectivity index (χ3n) is 5.01. The van der Waals surface area contributed by atoms with Crippen LogP contribution < -0.4 is 9.80 Å². The highest BCUT2D eigenvalue weighted by Crippen LogP contribution is 2.18. The predicted octanol–water partition coefficient (Wildman–Crippen LogP) is 1.91. The van der Waals surface area contributed by atoms with Crippen LogP contribution in [0.4, 0.5) is 20.5 Å². The number of hydrogen-bond donors (Lipinski definition) is 0. The molecule has 0 unspecified atom stereocenters. The van der Waals surface area contributed by atoms with E-state index in [9.17, 15) is 8.78 Å². The van der Waals surface area contributed by atoms with Gasteiger partial charge in [-0.3, -0.25) is 4.90 Å². The maximum Gasteiger partial charge on any atom is 0.227 e. The van der Waals surface area contributed by atoms with Crippen molar-refractivity contribution in [1.82, 2.24) is 14.9 Å². The Bertz CT molecular complexity index is 776. The highest BCUT2D eigenvalue weighted by atomic mass is 19.2. The summed E-state index contributed by atoms with van der Waals surface area (Å²) in [7, 11) is 0. The lowest BCUT2D eigenvalue weighted by Crippen LogP contribution is -2.46. The zero-order valence-electron chi connectivity index (χ0n) is 15.2. The van der Waals surface area contributed by atoms with E-state index in [1.54, 1.807) is 12.3 Å². The van der Waals surface area contributed by atoms with Crippen LogP contribution in [0.1, 0.15) is 5.56 Å². The minimum atomic E-state index is -0.805. The number of anilines is 2. The molecule has 6 nitrogen and oxygen atoms in total. The molecule has 0 amide bonds. The molecule has 2 aromatic rings. The first-order valence-electron chi connectivity index (χ1n) is 9.26. The van der Waals surface area contributed by atoms with Crippen LogP contribution in [0.3, 0.4) is 0 Å². The summed E-state index contributed by atoms with van der Waals surface area (Å²) in [6.07, 6.45) is 1.81. The van der Waals surface area contributed by atoms with Crippen LogP contribution in [0, 0.1) is 11.6 Å². The molecule has 144 valence electrons. The third-order valence-corrected chi connectivity index (χ3v) is 5.01. The van der Waals surface area contributed by atoms with E-state index in [1.165, 1.54) is 12.1 Å². The van der Waals surface area contributed by atoms with E-state index in [-0.39, 0.29) is 0 Å². The van der Waals surface area contributed by atoms with Crippen molar-refractivity contribution in [2.45, 2.75) is 6.54 Å². The van der Waals surface area contributed by atoms with Crippen LogP contribution in [-0.2, 0) is 11.3 Å². The van der Waals surface area contributed by atoms with Crippen LogP contribution in [0.15, 0.2) is 30.5 Å². The summed E-state index contributed by atoms with van der Waals surface area (Å²) >= 11 is 0. The first-order chi connectivity index (χ1) is 13.2. The highest BCUT2D eigenvalue weighted by Gasteiger charge is 2.21. The Kier molecular flexibility index (Phi) is 5.45. The monoisotopic (exact) mass is 375 g/mol. The van der Waals surface area contributed by atoms with Gasteiger partial charge in [0.15, 0.2) is 11.6 Å². The van der Waals surface area contributed by atoms with Gasteiger partial charge in [0.25, 0.3) is 0 Å². The molecule has 0 radical (unpaired) electrons. The molecule has 3 heterocycles. The van der Waals surface area contributed by atoms with Gasteiger partial charge in [-0.05, 0) is 23.8 Å². The maximum absolute atomic E-state index is 13.4. The smallest absolute Gasteiger partial charge is 0.227 e. The number of ether oxygens (including phenoxy) is 1. The van der Waals surface area contributed by atoms with Crippen molar-refractivity contribution >= 4 is 11.8 Å². The van der Waals surface area contributed by atoms with Gasteiger partial charge in [0, 0.05) is 52.0 Å². The summed E-state index contributed by atoms with van der Waals surface area (Å²) in [6.45, 7) is 7.00. The summed E-state index contributed by atoms with van der Waals surface area (Å²) in [5, 5.41) is 0. The molecule has 2 aliphatic heterocycles. The van der Waals surface area contributed by atoms with Crippen molar-refractivity contribution in [1.29, 1.82) is 0 Å². The molecular weight excluding hydrogens is 352 g/mol. The first kappa shape index (κ1) is 18.1. The molecule has 0 saturated carbocycles. The van der Waals surface area contributed by atoms with Crippen LogP contribution in [0.5, 0.6) is 0 Å². The van der Waals surface area contributed by atoms with E-state index in [1.807, 2.05) is 6.07 Å². The largest absolute Gasteiger partial charge is 0.378 e. The maximum atomic E-state index is 13.4. The number of nitrogens with zero attached hydrogens (tertiary/aromatic N) is 5. The second-order valence-electron chi connectivity index (χ2n) is 6.83. The van der Waals surface area contributed by atoms with Gasteiger partial charge < -0.3 is 14.5 Å². The normalized spacial score (nSPS) is 18.7. The Balaban J connectivity index is 1.35. The van der Waals surface area contributed by atoms with Crippen molar-refractivity contribution in [2.24, 2.45) is 0 Å². The Morgan fingerprint density at radius 3 is 2.41 bits per heavy atom. The quantitative estimate of drug-likeness (QED) is 0.814. The standard InChI is InChI=1S/C19H23F2N5O/c20-16-2-1-15(13-17(16)21)14-24-5-7-26(8-6-24)19-22-4-3-18(23-19)25-9-11-27-12-10-25/h1-4,13H,5-12,14H2. The summed E-state index contributed by atoms with van der Waals surface area (Å²) in [5.74, 6) is 0.0827. The summed E-state index contributed by atoms with van der Waals surface area (Å²) < 4.78 is 31.8. The van der Waals surface area contributed by atoms with E-state index < -0.39 is 11.6 Å². The van der Waals surface area contributed by atoms with E-state index in [0.717, 1.165) is 69.8 Å². The van der Waals surface area contributed by atoms with Crippen LogP contribution in [-0.4, -0.2) is 67.4 Å². The molecule has 1 aromatic heterocycles. The number of piperazine rings is 1. The molecule has 0 bridgehead atoms. The lowest BCUT2D eigenvalue weighted by molar-refractivity contribution is 0.122. The zero-order valence-corrected chi connectivity index (χ0v) is 15.2. The van der Waals surface area contributed by atoms with Gasteiger partial charge in [0.2, 0.25) is 5.95 Å². The fourth-order valence-electron chi connectivity index (χ4n) is 3.46. The fraction of sp³-hybridized carbons (Fsp3) is 0.474. The van der Waals surface area contributed by atoms with Gasteiger partial charge in [-0.1, -0.05) is 6.07 Å². The lowest BCUT2D eigenvalue weighted by Gasteiger charge is -2.35. The number of morpholine rings is 1.